The number of ether oxygens (including phenoxy) is 1. The lowest BCUT2D eigenvalue weighted by molar-refractivity contribution is 0.0698. The number of aromatic nitrogens is 2. The van der Waals surface area contributed by atoms with Crippen molar-refractivity contribution >= 4 is 11.7 Å². The van der Waals surface area contributed by atoms with E-state index in [4.69, 9.17) is 4.74 Å². The zero-order chi connectivity index (χ0) is 19.1. The summed E-state index contributed by atoms with van der Waals surface area (Å²) < 4.78 is 5.89. The van der Waals surface area contributed by atoms with Crippen LogP contribution in [0.4, 0.5) is 5.69 Å². The fourth-order valence-corrected chi connectivity index (χ4v) is 2.76. The number of hydrogen-bond donors (Lipinski definition) is 2. The van der Waals surface area contributed by atoms with Gasteiger partial charge in [0.15, 0.2) is 0 Å². The van der Waals surface area contributed by atoms with E-state index >= 15 is 0 Å². The molecule has 0 saturated carbocycles. The molecule has 0 fully saturated rings. The van der Waals surface area contributed by atoms with Crippen LogP contribution in [-0.2, 0) is 6.61 Å². The lowest BCUT2D eigenvalue weighted by Gasteiger charge is -2.21. The molecular formula is C21H21N3O3. The van der Waals surface area contributed by atoms with Crippen molar-refractivity contribution < 1.29 is 14.6 Å². The summed E-state index contributed by atoms with van der Waals surface area (Å²) in [5, 5.41) is 12.7. The average Bonchev–Trinajstić information content (AvgIpc) is 2.72. The number of nitrogens with zero attached hydrogens (tertiary/aromatic N) is 2. The summed E-state index contributed by atoms with van der Waals surface area (Å²) in [5.41, 5.74) is 2.44. The van der Waals surface area contributed by atoms with Gasteiger partial charge < -0.3 is 15.2 Å². The molecule has 0 amide bonds. The van der Waals surface area contributed by atoms with Crippen molar-refractivity contribution in [3.63, 3.8) is 0 Å². The van der Waals surface area contributed by atoms with Gasteiger partial charge in [-0.05, 0) is 24.1 Å². The second kappa shape index (κ2) is 8.80. The molecule has 0 spiro atoms. The zero-order valence-corrected chi connectivity index (χ0v) is 15.0. The Morgan fingerprint density at radius 2 is 1.78 bits per heavy atom. The highest BCUT2D eigenvalue weighted by molar-refractivity contribution is 5.94. The van der Waals surface area contributed by atoms with Gasteiger partial charge >= 0.3 is 5.97 Å². The Kier molecular flexibility index (Phi) is 5.99. The van der Waals surface area contributed by atoms with E-state index in [1.807, 2.05) is 37.3 Å². The fourth-order valence-electron chi connectivity index (χ4n) is 2.76. The predicted molar refractivity (Wildman–Crippen MR) is 103 cm³/mol. The maximum absolute atomic E-state index is 11.5. The normalized spacial score (nSPS) is 11.6. The first-order chi connectivity index (χ1) is 13.2. The van der Waals surface area contributed by atoms with E-state index in [0.29, 0.717) is 30.3 Å². The Bertz CT molecular complexity index is 900. The Hall–Kier alpha value is -3.41. The second-order valence-corrected chi connectivity index (χ2v) is 5.98. The third-order valence-electron chi connectivity index (χ3n) is 4.14. The predicted octanol–water partition coefficient (Wildman–Crippen LogP) is 4.32. The third-order valence-corrected chi connectivity index (χ3v) is 4.14. The van der Waals surface area contributed by atoms with E-state index in [1.165, 1.54) is 0 Å². The Morgan fingerprint density at radius 1 is 1.07 bits per heavy atom. The highest BCUT2D eigenvalue weighted by atomic mass is 16.5. The molecule has 3 rings (SSSR count). The topological polar surface area (TPSA) is 84.3 Å². The molecule has 6 nitrogen and oxygen atoms in total. The number of carboxylic acids is 1. The molecule has 0 radical (unpaired) electrons. The lowest BCUT2D eigenvalue weighted by atomic mass is 10.1. The molecule has 0 saturated heterocycles. The summed E-state index contributed by atoms with van der Waals surface area (Å²) in [7, 11) is 0. The third kappa shape index (κ3) is 4.61. The SMILES string of the molecule is CCC(Nc1ccccc1C(=O)O)c1nccnc1OCc1ccccc1. The fraction of sp³-hybridized carbons (Fsp3) is 0.190. The number of hydrogen-bond acceptors (Lipinski definition) is 5. The molecule has 3 aromatic rings. The zero-order valence-electron chi connectivity index (χ0n) is 15.0. The van der Waals surface area contributed by atoms with Crippen molar-refractivity contribution in [2.45, 2.75) is 26.0 Å². The van der Waals surface area contributed by atoms with Crippen LogP contribution in [0.5, 0.6) is 5.88 Å². The maximum atomic E-state index is 11.5. The van der Waals surface area contributed by atoms with Gasteiger partial charge in [-0.3, -0.25) is 4.98 Å². The molecule has 0 aliphatic heterocycles. The molecule has 0 bridgehead atoms. The van der Waals surface area contributed by atoms with Crippen LogP contribution < -0.4 is 10.1 Å². The summed E-state index contributed by atoms with van der Waals surface area (Å²) in [6.45, 7) is 2.38. The van der Waals surface area contributed by atoms with Crippen LogP contribution in [0.1, 0.15) is 41.0 Å². The second-order valence-electron chi connectivity index (χ2n) is 5.98. The van der Waals surface area contributed by atoms with Crippen molar-refractivity contribution in [1.29, 1.82) is 0 Å². The summed E-state index contributed by atoms with van der Waals surface area (Å²) in [5.74, 6) is -0.541. The van der Waals surface area contributed by atoms with Crippen LogP contribution in [-0.4, -0.2) is 21.0 Å². The molecule has 27 heavy (non-hydrogen) atoms. The van der Waals surface area contributed by atoms with E-state index in [-0.39, 0.29) is 11.6 Å². The largest absolute Gasteiger partial charge is 0.478 e. The number of benzene rings is 2. The van der Waals surface area contributed by atoms with E-state index in [1.54, 1.807) is 36.7 Å². The number of anilines is 1. The van der Waals surface area contributed by atoms with Gasteiger partial charge in [-0.15, -0.1) is 0 Å². The van der Waals surface area contributed by atoms with E-state index in [9.17, 15) is 9.90 Å². The van der Waals surface area contributed by atoms with Crippen LogP contribution in [0, 0.1) is 0 Å². The van der Waals surface area contributed by atoms with Gasteiger partial charge in [0.25, 0.3) is 0 Å². The standard InChI is InChI=1S/C21H21N3O3/c1-2-17(24-18-11-7-6-10-16(18)21(25)26)19-20(23-13-12-22-19)27-14-15-8-4-3-5-9-15/h3-13,17,24H,2,14H2,1H3,(H,25,26). The minimum atomic E-state index is -0.979. The van der Waals surface area contributed by atoms with Gasteiger partial charge in [-0.25, -0.2) is 9.78 Å². The number of para-hydroxylation sites is 1. The quantitative estimate of drug-likeness (QED) is 0.620. The molecule has 0 aliphatic rings. The van der Waals surface area contributed by atoms with Gasteiger partial charge in [0.2, 0.25) is 5.88 Å². The summed E-state index contributed by atoms with van der Waals surface area (Å²) >= 11 is 0. The van der Waals surface area contributed by atoms with E-state index < -0.39 is 5.97 Å². The van der Waals surface area contributed by atoms with Crippen molar-refractivity contribution in [1.82, 2.24) is 9.97 Å². The summed E-state index contributed by atoms with van der Waals surface area (Å²) in [6.07, 6.45) is 3.88. The smallest absolute Gasteiger partial charge is 0.337 e. The molecule has 1 aromatic heterocycles. The number of aromatic carboxylic acids is 1. The van der Waals surface area contributed by atoms with Crippen LogP contribution >= 0.6 is 0 Å². The molecule has 1 heterocycles. The van der Waals surface area contributed by atoms with Gasteiger partial charge in [0.1, 0.15) is 12.3 Å². The van der Waals surface area contributed by atoms with Crippen LogP contribution in [0.25, 0.3) is 0 Å². The lowest BCUT2D eigenvalue weighted by Crippen LogP contribution is -2.16. The number of carbonyl (C=O) groups is 1. The summed E-state index contributed by atoms with van der Waals surface area (Å²) in [4.78, 5) is 20.2. The Morgan fingerprint density at radius 3 is 2.52 bits per heavy atom. The van der Waals surface area contributed by atoms with Gasteiger partial charge in [-0.1, -0.05) is 49.4 Å². The monoisotopic (exact) mass is 363 g/mol. The molecule has 6 heteroatoms. The summed E-state index contributed by atoms with van der Waals surface area (Å²) in [6, 6.07) is 16.4. The van der Waals surface area contributed by atoms with Crippen molar-refractivity contribution in [3.8, 4) is 5.88 Å². The van der Waals surface area contributed by atoms with Crippen LogP contribution in [0.15, 0.2) is 67.0 Å². The van der Waals surface area contributed by atoms with Crippen molar-refractivity contribution in [3.05, 3.63) is 83.8 Å². The van der Waals surface area contributed by atoms with E-state index in [2.05, 4.69) is 15.3 Å². The molecule has 138 valence electrons. The van der Waals surface area contributed by atoms with E-state index in [0.717, 1.165) is 5.56 Å². The molecule has 0 aliphatic carbocycles. The number of rotatable bonds is 8. The van der Waals surface area contributed by atoms with Crippen molar-refractivity contribution in [2.75, 3.05) is 5.32 Å². The average molecular weight is 363 g/mol. The minimum Gasteiger partial charge on any atom is -0.478 e. The Balaban J connectivity index is 1.82. The molecular weight excluding hydrogens is 342 g/mol. The maximum Gasteiger partial charge on any atom is 0.337 e. The van der Waals surface area contributed by atoms with Crippen molar-refractivity contribution in [2.24, 2.45) is 0 Å². The Labute approximate surface area is 157 Å². The highest BCUT2D eigenvalue weighted by Gasteiger charge is 2.20. The van der Waals surface area contributed by atoms with Gasteiger partial charge in [0, 0.05) is 18.1 Å². The highest BCUT2D eigenvalue weighted by Crippen LogP contribution is 2.28. The first-order valence-corrected chi connectivity index (χ1v) is 8.75. The first kappa shape index (κ1) is 18.4. The molecule has 2 aromatic carbocycles. The van der Waals surface area contributed by atoms with Gasteiger partial charge in [0.05, 0.1) is 11.6 Å². The number of nitrogens with one attached hydrogen (secondary N) is 1. The molecule has 2 N–H and O–H groups in total. The minimum absolute atomic E-state index is 0.214. The van der Waals surface area contributed by atoms with Gasteiger partial charge in [-0.2, -0.15) is 0 Å². The molecule has 1 unspecified atom stereocenters. The molecule has 1 atom stereocenters. The number of carboxylic acid groups (broad SMARTS) is 1. The van der Waals surface area contributed by atoms with Crippen LogP contribution in [0.3, 0.4) is 0 Å². The van der Waals surface area contributed by atoms with Crippen LogP contribution in [0.2, 0.25) is 0 Å². The first-order valence-electron chi connectivity index (χ1n) is 8.75.